The monoisotopic (exact) mass is 196 g/mol. The van der Waals surface area contributed by atoms with Crippen molar-refractivity contribution in [3.05, 3.63) is 16.3 Å². The lowest BCUT2D eigenvalue weighted by Gasteiger charge is -2.01. The van der Waals surface area contributed by atoms with E-state index in [1.54, 1.807) is 0 Å². The molecule has 1 heterocycles. The molecule has 14 heavy (non-hydrogen) atoms. The summed E-state index contributed by atoms with van der Waals surface area (Å²) in [6.07, 6.45) is 2.66. The van der Waals surface area contributed by atoms with Gasteiger partial charge >= 0.3 is 5.82 Å². The number of nitrogens with one attached hydrogen (secondary N) is 2. The van der Waals surface area contributed by atoms with E-state index in [1.165, 1.54) is 12.6 Å². The Morgan fingerprint density at radius 1 is 1.86 bits per heavy atom. The average Bonchev–Trinajstić information content (AvgIpc) is 2.67. The molecule has 1 aromatic heterocycles. The van der Waals surface area contributed by atoms with E-state index in [9.17, 15) is 10.1 Å². The Kier molecular flexibility index (Phi) is 2.11. The first-order valence-electron chi connectivity index (χ1n) is 4.60. The van der Waals surface area contributed by atoms with Crippen LogP contribution in [0, 0.1) is 22.0 Å². The van der Waals surface area contributed by atoms with Gasteiger partial charge in [-0.25, -0.2) is 0 Å². The molecule has 2 unspecified atom stereocenters. The van der Waals surface area contributed by atoms with E-state index >= 15 is 0 Å². The third-order valence-electron chi connectivity index (χ3n) is 2.63. The highest BCUT2D eigenvalue weighted by atomic mass is 16.6. The molecule has 76 valence electrons. The van der Waals surface area contributed by atoms with Crippen LogP contribution < -0.4 is 5.32 Å². The first-order valence-corrected chi connectivity index (χ1v) is 4.60. The number of hydrogen-bond donors (Lipinski definition) is 2. The first kappa shape index (κ1) is 8.98. The van der Waals surface area contributed by atoms with E-state index in [-0.39, 0.29) is 5.82 Å². The van der Waals surface area contributed by atoms with Crippen LogP contribution in [0.2, 0.25) is 0 Å². The smallest absolute Gasteiger partial charge is 0.366 e. The van der Waals surface area contributed by atoms with Gasteiger partial charge in [-0.2, -0.15) is 0 Å². The maximum absolute atomic E-state index is 10.5. The summed E-state index contributed by atoms with van der Waals surface area (Å²) < 4.78 is 0. The molecule has 1 aliphatic rings. The number of aromatic amines is 1. The summed E-state index contributed by atoms with van der Waals surface area (Å²) in [6, 6.07) is 0. The molecule has 6 heteroatoms. The van der Waals surface area contributed by atoms with Gasteiger partial charge in [0.25, 0.3) is 0 Å². The lowest BCUT2D eigenvalue weighted by atomic mass is 10.3. The topological polar surface area (TPSA) is 83.8 Å². The van der Waals surface area contributed by atoms with Crippen molar-refractivity contribution in [3.8, 4) is 0 Å². The van der Waals surface area contributed by atoms with Crippen molar-refractivity contribution in [2.24, 2.45) is 11.8 Å². The van der Waals surface area contributed by atoms with Crippen LogP contribution in [0.25, 0.3) is 0 Å². The summed E-state index contributed by atoms with van der Waals surface area (Å²) in [4.78, 5) is 10.0. The number of anilines is 1. The van der Waals surface area contributed by atoms with Crippen molar-refractivity contribution in [3.63, 3.8) is 0 Å². The molecule has 2 atom stereocenters. The Morgan fingerprint density at radius 3 is 3.14 bits per heavy atom. The van der Waals surface area contributed by atoms with Gasteiger partial charge in [0.2, 0.25) is 0 Å². The van der Waals surface area contributed by atoms with Gasteiger partial charge in [0.1, 0.15) is 6.20 Å². The van der Waals surface area contributed by atoms with Crippen LogP contribution in [0.15, 0.2) is 6.20 Å². The largest absolute Gasteiger partial charge is 0.377 e. The van der Waals surface area contributed by atoms with Crippen LogP contribution >= 0.6 is 0 Å². The minimum Gasteiger partial charge on any atom is -0.377 e. The molecule has 6 nitrogen and oxygen atoms in total. The normalized spacial score (nSPS) is 24.6. The fourth-order valence-corrected chi connectivity index (χ4v) is 1.47. The average molecular weight is 196 g/mol. The Bertz CT molecular complexity index is 349. The zero-order chi connectivity index (χ0) is 10.1. The highest BCUT2D eigenvalue weighted by molar-refractivity contribution is 5.55. The van der Waals surface area contributed by atoms with Gasteiger partial charge < -0.3 is 15.4 Å². The van der Waals surface area contributed by atoms with Gasteiger partial charge in [-0.1, -0.05) is 12.0 Å². The van der Waals surface area contributed by atoms with Gasteiger partial charge in [0, 0.05) is 6.54 Å². The van der Waals surface area contributed by atoms with Crippen LogP contribution in [-0.4, -0.2) is 21.7 Å². The highest BCUT2D eigenvalue weighted by Gasteiger charge is 2.32. The Labute approximate surface area is 80.9 Å². The lowest BCUT2D eigenvalue weighted by molar-refractivity contribution is -0.388. The van der Waals surface area contributed by atoms with Gasteiger partial charge in [-0.3, -0.25) is 0 Å². The Balaban J connectivity index is 1.95. The molecule has 0 aliphatic heterocycles. The molecule has 0 amide bonds. The molecule has 1 fully saturated rings. The summed E-state index contributed by atoms with van der Waals surface area (Å²) in [7, 11) is 0. The van der Waals surface area contributed by atoms with Gasteiger partial charge in [-0.05, 0) is 23.2 Å². The van der Waals surface area contributed by atoms with Crippen LogP contribution in [0.5, 0.6) is 0 Å². The minimum absolute atomic E-state index is 0.0571. The molecule has 0 radical (unpaired) electrons. The second-order valence-corrected chi connectivity index (χ2v) is 3.74. The third kappa shape index (κ3) is 1.68. The van der Waals surface area contributed by atoms with Crippen LogP contribution in [0.4, 0.5) is 11.5 Å². The molecular weight excluding hydrogens is 184 g/mol. The number of aromatic nitrogens is 2. The molecule has 0 bridgehead atoms. The van der Waals surface area contributed by atoms with Crippen molar-refractivity contribution < 1.29 is 4.92 Å². The predicted molar refractivity (Wildman–Crippen MR) is 51.0 cm³/mol. The Hall–Kier alpha value is -1.59. The summed E-state index contributed by atoms with van der Waals surface area (Å²) in [6.45, 7) is 2.97. The number of H-pyrrole nitrogens is 1. The maximum atomic E-state index is 10.5. The number of nitrogens with zero attached hydrogens (tertiary/aromatic N) is 2. The SMILES string of the molecule is CC1CC1CNc1cn[nH]c1[N+](=O)[O-]. The zero-order valence-corrected chi connectivity index (χ0v) is 7.86. The van der Waals surface area contributed by atoms with E-state index < -0.39 is 4.92 Å². The van der Waals surface area contributed by atoms with E-state index in [2.05, 4.69) is 22.4 Å². The third-order valence-corrected chi connectivity index (χ3v) is 2.63. The number of nitro groups is 1. The quantitative estimate of drug-likeness (QED) is 0.563. The number of hydrogen-bond acceptors (Lipinski definition) is 4. The molecular formula is C8H12N4O2. The molecule has 0 saturated heterocycles. The van der Waals surface area contributed by atoms with Crippen molar-refractivity contribution >= 4 is 11.5 Å². The summed E-state index contributed by atoms with van der Waals surface area (Å²) in [5.74, 6) is 1.34. The Morgan fingerprint density at radius 2 is 2.57 bits per heavy atom. The van der Waals surface area contributed by atoms with E-state index in [4.69, 9.17) is 0 Å². The van der Waals surface area contributed by atoms with Gasteiger partial charge in [-0.15, -0.1) is 5.10 Å². The van der Waals surface area contributed by atoms with E-state index in [0.29, 0.717) is 11.6 Å². The second-order valence-electron chi connectivity index (χ2n) is 3.74. The predicted octanol–water partition coefficient (Wildman–Crippen LogP) is 1.39. The number of rotatable bonds is 4. The maximum Gasteiger partial charge on any atom is 0.366 e. The lowest BCUT2D eigenvalue weighted by Crippen LogP contribution is -2.05. The molecule has 2 N–H and O–H groups in total. The summed E-state index contributed by atoms with van der Waals surface area (Å²) in [5.41, 5.74) is 0.481. The standard InChI is InChI=1S/C8H12N4O2/c1-5-2-6(5)3-9-7-4-10-11-8(7)12(13)14/h4-6,9H,2-3H2,1H3,(H,10,11). The van der Waals surface area contributed by atoms with E-state index in [0.717, 1.165) is 12.5 Å². The molecule has 1 aromatic rings. The first-order chi connectivity index (χ1) is 6.68. The molecule has 0 aromatic carbocycles. The zero-order valence-electron chi connectivity index (χ0n) is 7.86. The summed E-state index contributed by atoms with van der Waals surface area (Å²) >= 11 is 0. The molecule has 2 rings (SSSR count). The second kappa shape index (κ2) is 3.28. The molecule has 1 saturated carbocycles. The highest BCUT2D eigenvalue weighted by Crippen LogP contribution is 2.37. The van der Waals surface area contributed by atoms with Crippen molar-refractivity contribution in [2.75, 3.05) is 11.9 Å². The van der Waals surface area contributed by atoms with Crippen molar-refractivity contribution in [1.82, 2.24) is 10.2 Å². The summed E-state index contributed by atoms with van der Waals surface area (Å²) in [5, 5.41) is 19.5. The van der Waals surface area contributed by atoms with Crippen molar-refractivity contribution in [2.45, 2.75) is 13.3 Å². The minimum atomic E-state index is -0.467. The van der Waals surface area contributed by atoms with Crippen LogP contribution in [0.3, 0.4) is 0 Å². The van der Waals surface area contributed by atoms with Gasteiger partial charge in [0.15, 0.2) is 5.69 Å². The van der Waals surface area contributed by atoms with E-state index in [1.807, 2.05) is 0 Å². The van der Waals surface area contributed by atoms with Crippen LogP contribution in [-0.2, 0) is 0 Å². The molecule has 1 aliphatic carbocycles. The fraction of sp³-hybridized carbons (Fsp3) is 0.625. The van der Waals surface area contributed by atoms with Gasteiger partial charge in [0.05, 0.1) is 0 Å². The molecule has 0 spiro atoms. The van der Waals surface area contributed by atoms with Crippen LogP contribution in [0.1, 0.15) is 13.3 Å². The fourth-order valence-electron chi connectivity index (χ4n) is 1.47. The van der Waals surface area contributed by atoms with Crippen molar-refractivity contribution in [1.29, 1.82) is 0 Å².